The summed E-state index contributed by atoms with van der Waals surface area (Å²) in [5.74, 6) is -3.19. The summed E-state index contributed by atoms with van der Waals surface area (Å²) in [4.78, 5) is 11.9. The third-order valence-corrected chi connectivity index (χ3v) is 2.75. The topological polar surface area (TPSA) is 69.6 Å². The van der Waals surface area contributed by atoms with Gasteiger partial charge in [-0.05, 0) is 30.3 Å². The van der Waals surface area contributed by atoms with Crippen LogP contribution in [-0.2, 0) is 6.18 Å². The van der Waals surface area contributed by atoms with Gasteiger partial charge in [-0.2, -0.15) is 13.2 Å². The number of aromatic hydroxyl groups is 2. The van der Waals surface area contributed by atoms with Crippen molar-refractivity contribution >= 4 is 11.6 Å². The molecule has 1 amide bonds. The predicted molar refractivity (Wildman–Crippen MR) is 69.1 cm³/mol. The molecule has 2 rings (SSSR count). The van der Waals surface area contributed by atoms with E-state index in [9.17, 15) is 27.5 Å². The number of hydrogen-bond acceptors (Lipinski definition) is 3. The van der Waals surface area contributed by atoms with Gasteiger partial charge >= 0.3 is 6.18 Å². The van der Waals surface area contributed by atoms with Gasteiger partial charge in [0.2, 0.25) is 0 Å². The molecule has 8 heteroatoms. The minimum atomic E-state index is -4.81. The molecule has 4 nitrogen and oxygen atoms in total. The maximum absolute atomic E-state index is 13.5. The lowest BCUT2D eigenvalue weighted by molar-refractivity contribution is -0.137. The molecule has 116 valence electrons. The second-order valence-corrected chi connectivity index (χ2v) is 4.35. The van der Waals surface area contributed by atoms with Crippen LogP contribution >= 0.6 is 0 Å². The lowest BCUT2D eigenvalue weighted by atomic mass is 10.1. The summed E-state index contributed by atoms with van der Waals surface area (Å²) in [7, 11) is 0. The van der Waals surface area contributed by atoms with Crippen molar-refractivity contribution in [3.05, 3.63) is 53.3 Å². The van der Waals surface area contributed by atoms with Gasteiger partial charge in [0.05, 0.1) is 16.8 Å². The summed E-state index contributed by atoms with van der Waals surface area (Å²) in [6.07, 6.45) is -4.81. The van der Waals surface area contributed by atoms with E-state index in [0.717, 1.165) is 18.2 Å². The SMILES string of the molecule is O=C(Nc1ccc(O)cc1F)c1cc(O)ccc1C(F)(F)F. The van der Waals surface area contributed by atoms with Crippen LogP contribution in [0.4, 0.5) is 23.2 Å². The molecular weight excluding hydrogens is 306 g/mol. The zero-order valence-electron chi connectivity index (χ0n) is 10.8. The maximum atomic E-state index is 13.5. The number of phenolic OH excluding ortho intramolecular Hbond substituents is 2. The Kier molecular flexibility index (Phi) is 3.94. The molecule has 2 aromatic carbocycles. The molecule has 0 atom stereocenters. The first kappa shape index (κ1) is 15.6. The highest BCUT2D eigenvalue weighted by Gasteiger charge is 2.35. The average molecular weight is 315 g/mol. The van der Waals surface area contributed by atoms with Crippen LogP contribution in [0, 0.1) is 5.82 Å². The summed E-state index contributed by atoms with van der Waals surface area (Å²) in [6, 6.07) is 4.74. The molecule has 0 spiro atoms. The quantitative estimate of drug-likeness (QED) is 0.587. The van der Waals surface area contributed by atoms with Gasteiger partial charge in [0.15, 0.2) is 0 Å². The van der Waals surface area contributed by atoms with Crippen LogP contribution in [0.15, 0.2) is 36.4 Å². The maximum Gasteiger partial charge on any atom is 0.417 e. The van der Waals surface area contributed by atoms with E-state index < -0.39 is 46.2 Å². The van der Waals surface area contributed by atoms with Crippen LogP contribution in [-0.4, -0.2) is 16.1 Å². The Hall–Kier alpha value is -2.77. The lowest BCUT2D eigenvalue weighted by Crippen LogP contribution is -2.19. The molecule has 2 aromatic rings. The number of carbonyl (C=O) groups excluding carboxylic acids is 1. The van der Waals surface area contributed by atoms with Crippen molar-refractivity contribution in [3.8, 4) is 11.5 Å². The highest BCUT2D eigenvalue weighted by atomic mass is 19.4. The molecule has 0 aliphatic carbocycles. The summed E-state index contributed by atoms with van der Waals surface area (Å²) in [6.45, 7) is 0. The fourth-order valence-corrected chi connectivity index (χ4v) is 1.76. The molecule has 22 heavy (non-hydrogen) atoms. The number of alkyl halides is 3. The van der Waals surface area contributed by atoms with Crippen molar-refractivity contribution in [2.45, 2.75) is 6.18 Å². The first-order chi connectivity index (χ1) is 10.2. The number of rotatable bonds is 2. The van der Waals surface area contributed by atoms with E-state index in [2.05, 4.69) is 0 Å². The molecule has 0 aliphatic heterocycles. The number of anilines is 1. The van der Waals surface area contributed by atoms with Crippen LogP contribution in [0.3, 0.4) is 0 Å². The Morgan fingerprint density at radius 2 is 1.59 bits per heavy atom. The molecule has 0 fully saturated rings. The minimum absolute atomic E-state index is 0.399. The van der Waals surface area contributed by atoms with Crippen LogP contribution in [0.5, 0.6) is 11.5 Å². The molecule has 0 unspecified atom stereocenters. The smallest absolute Gasteiger partial charge is 0.417 e. The third kappa shape index (κ3) is 3.27. The Bertz CT molecular complexity index is 729. The highest BCUT2D eigenvalue weighted by Crippen LogP contribution is 2.34. The van der Waals surface area contributed by atoms with Crippen LogP contribution in [0.2, 0.25) is 0 Å². The molecule has 0 heterocycles. The van der Waals surface area contributed by atoms with E-state index in [0.29, 0.717) is 18.2 Å². The first-order valence-electron chi connectivity index (χ1n) is 5.88. The van der Waals surface area contributed by atoms with Crippen molar-refractivity contribution in [2.75, 3.05) is 5.32 Å². The van der Waals surface area contributed by atoms with Crippen molar-refractivity contribution in [2.24, 2.45) is 0 Å². The Morgan fingerprint density at radius 3 is 2.18 bits per heavy atom. The molecule has 0 bridgehead atoms. The van der Waals surface area contributed by atoms with E-state index in [4.69, 9.17) is 5.11 Å². The monoisotopic (exact) mass is 315 g/mol. The van der Waals surface area contributed by atoms with Crippen molar-refractivity contribution in [1.29, 1.82) is 0 Å². The van der Waals surface area contributed by atoms with Gasteiger partial charge in [-0.3, -0.25) is 4.79 Å². The van der Waals surface area contributed by atoms with Gasteiger partial charge in [-0.25, -0.2) is 4.39 Å². The van der Waals surface area contributed by atoms with Crippen molar-refractivity contribution in [1.82, 2.24) is 0 Å². The number of halogens is 4. The first-order valence-corrected chi connectivity index (χ1v) is 5.88. The van der Waals surface area contributed by atoms with Gasteiger partial charge < -0.3 is 15.5 Å². The van der Waals surface area contributed by atoms with Gasteiger partial charge in [-0.15, -0.1) is 0 Å². The summed E-state index contributed by atoms with van der Waals surface area (Å²) < 4.78 is 52.0. The number of amides is 1. The van der Waals surface area contributed by atoms with Gasteiger partial charge in [-0.1, -0.05) is 0 Å². The second-order valence-electron chi connectivity index (χ2n) is 4.35. The highest BCUT2D eigenvalue weighted by molar-refractivity contribution is 6.05. The largest absolute Gasteiger partial charge is 0.508 e. The second kappa shape index (κ2) is 5.55. The fraction of sp³-hybridized carbons (Fsp3) is 0.0714. The molecule has 0 aromatic heterocycles. The third-order valence-electron chi connectivity index (χ3n) is 2.75. The molecular formula is C14H9F4NO3. The number of carbonyl (C=O) groups is 1. The molecule has 3 N–H and O–H groups in total. The molecule has 0 radical (unpaired) electrons. The Labute approximate surface area is 121 Å². The number of hydrogen-bond donors (Lipinski definition) is 3. The molecule has 0 saturated heterocycles. The van der Waals surface area contributed by atoms with Gasteiger partial charge in [0.25, 0.3) is 5.91 Å². The van der Waals surface area contributed by atoms with E-state index >= 15 is 0 Å². The number of phenols is 2. The van der Waals surface area contributed by atoms with Crippen LogP contribution < -0.4 is 5.32 Å². The van der Waals surface area contributed by atoms with Crippen LogP contribution in [0.25, 0.3) is 0 Å². The number of benzene rings is 2. The summed E-state index contributed by atoms with van der Waals surface area (Å²) in [5.41, 5.74) is -2.51. The van der Waals surface area contributed by atoms with Crippen molar-refractivity contribution < 1.29 is 32.6 Å². The normalized spacial score (nSPS) is 11.3. The van der Waals surface area contributed by atoms with E-state index in [1.807, 2.05) is 5.32 Å². The fourth-order valence-electron chi connectivity index (χ4n) is 1.76. The molecule has 0 saturated carbocycles. The zero-order chi connectivity index (χ0) is 16.5. The minimum Gasteiger partial charge on any atom is -0.508 e. The van der Waals surface area contributed by atoms with E-state index in [1.165, 1.54) is 0 Å². The average Bonchev–Trinajstić information content (AvgIpc) is 2.40. The predicted octanol–water partition coefficient (Wildman–Crippen LogP) is 3.51. The lowest BCUT2D eigenvalue weighted by Gasteiger charge is -2.13. The zero-order valence-corrected chi connectivity index (χ0v) is 10.8. The Morgan fingerprint density at radius 1 is 1.00 bits per heavy atom. The van der Waals surface area contributed by atoms with E-state index in [1.54, 1.807) is 0 Å². The van der Waals surface area contributed by atoms with Gasteiger partial charge in [0, 0.05) is 6.07 Å². The summed E-state index contributed by atoms with van der Waals surface area (Å²) >= 11 is 0. The number of nitrogens with one attached hydrogen (secondary N) is 1. The molecule has 0 aliphatic rings. The van der Waals surface area contributed by atoms with Gasteiger partial charge in [0.1, 0.15) is 17.3 Å². The van der Waals surface area contributed by atoms with Crippen molar-refractivity contribution in [3.63, 3.8) is 0 Å². The standard InChI is InChI=1S/C14H9F4NO3/c15-11-6-8(21)2-4-12(11)19-13(22)9-5-7(20)1-3-10(9)14(16,17)18/h1-6,20-21H,(H,19,22). The van der Waals surface area contributed by atoms with Crippen LogP contribution in [0.1, 0.15) is 15.9 Å². The van der Waals surface area contributed by atoms with E-state index in [-0.39, 0.29) is 0 Å². The summed E-state index contributed by atoms with van der Waals surface area (Å²) in [5, 5.41) is 20.3. The Balaban J connectivity index is 2.39.